The van der Waals surface area contributed by atoms with Crippen molar-refractivity contribution in [3.8, 4) is 0 Å². The molecule has 2 aliphatic rings. The zero-order chi connectivity index (χ0) is 10.1. The normalized spacial score (nSPS) is 35.6. The molecule has 0 amide bonds. The summed E-state index contributed by atoms with van der Waals surface area (Å²) in [6.45, 7) is 4.52. The molecule has 2 nitrogen and oxygen atoms in total. The van der Waals surface area contributed by atoms with Gasteiger partial charge in [-0.2, -0.15) is 0 Å². The minimum atomic E-state index is 0.657. The number of aliphatic imine (C=N–C) groups is 1. The molecular formula is C10H17BrN2S. The molecule has 3 unspecified atom stereocenters. The van der Waals surface area contributed by atoms with Crippen LogP contribution in [0.2, 0.25) is 0 Å². The Labute approximate surface area is 98.7 Å². The maximum absolute atomic E-state index is 4.57. The van der Waals surface area contributed by atoms with Crippen molar-refractivity contribution in [3.63, 3.8) is 0 Å². The van der Waals surface area contributed by atoms with E-state index < -0.39 is 0 Å². The van der Waals surface area contributed by atoms with Crippen LogP contribution in [-0.4, -0.2) is 40.8 Å². The van der Waals surface area contributed by atoms with Crippen molar-refractivity contribution in [2.75, 3.05) is 25.5 Å². The van der Waals surface area contributed by atoms with E-state index in [9.17, 15) is 0 Å². The number of hydrogen-bond donors (Lipinski definition) is 0. The molecule has 2 rings (SSSR count). The topological polar surface area (TPSA) is 15.6 Å². The third-order valence-corrected chi connectivity index (χ3v) is 5.50. The molecule has 0 N–H and O–H groups in total. The molecule has 0 aromatic carbocycles. The molecule has 0 saturated heterocycles. The number of thioether (sulfide) groups is 1. The summed E-state index contributed by atoms with van der Waals surface area (Å²) in [7, 11) is 2.17. The number of hydrogen-bond acceptors (Lipinski definition) is 3. The van der Waals surface area contributed by atoms with Gasteiger partial charge in [-0.15, -0.1) is 0 Å². The molecule has 3 atom stereocenters. The SMILES string of the molecule is CC1CC1CN(C)C1=NCC(CBr)S1. The van der Waals surface area contributed by atoms with E-state index in [4.69, 9.17) is 0 Å². The smallest absolute Gasteiger partial charge is 0.159 e. The van der Waals surface area contributed by atoms with Gasteiger partial charge in [0.25, 0.3) is 0 Å². The molecule has 1 fully saturated rings. The molecule has 4 heteroatoms. The van der Waals surface area contributed by atoms with Crippen molar-refractivity contribution in [2.24, 2.45) is 16.8 Å². The fraction of sp³-hybridized carbons (Fsp3) is 0.900. The van der Waals surface area contributed by atoms with E-state index >= 15 is 0 Å². The van der Waals surface area contributed by atoms with E-state index in [0.717, 1.165) is 23.7 Å². The molecule has 1 aliphatic carbocycles. The monoisotopic (exact) mass is 276 g/mol. The number of halogens is 1. The molecule has 0 aromatic rings. The van der Waals surface area contributed by atoms with Crippen molar-refractivity contribution in [1.82, 2.24) is 4.90 Å². The summed E-state index contributed by atoms with van der Waals surface area (Å²) in [6, 6.07) is 0. The van der Waals surface area contributed by atoms with Crippen LogP contribution < -0.4 is 0 Å². The lowest BCUT2D eigenvalue weighted by molar-refractivity contribution is 0.470. The first-order chi connectivity index (χ1) is 6.70. The van der Waals surface area contributed by atoms with E-state index in [0.29, 0.717) is 5.25 Å². The number of nitrogens with zero attached hydrogens (tertiary/aromatic N) is 2. The minimum Gasteiger partial charge on any atom is -0.354 e. The van der Waals surface area contributed by atoms with Crippen LogP contribution in [0.5, 0.6) is 0 Å². The summed E-state index contributed by atoms with van der Waals surface area (Å²) >= 11 is 5.43. The van der Waals surface area contributed by atoms with Crippen LogP contribution in [0, 0.1) is 11.8 Å². The average Bonchev–Trinajstić information content (AvgIpc) is 2.72. The third-order valence-electron chi connectivity index (χ3n) is 2.99. The van der Waals surface area contributed by atoms with Crippen molar-refractivity contribution in [1.29, 1.82) is 0 Å². The van der Waals surface area contributed by atoms with E-state index in [1.807, 2.05) is 11.8 Å². The predicted octanol–water partition coefficient (Wildman–Crippen LogP) is 2.44. The van der Waals surface area contributed by atoms with Gasteiger partial charge in [0.05, 0.1) is 6.54 Å². The van der Waals surface area contributed by atoms with Gasteiger partial charge in [-0.05, 0) is 18.3 Å². The Balaban J connectivity index is 1.78. The van der Waals surface area contributed by atoms with Crippen LogP contribution in [-0.2, 0) is 0 Å². The second-order valence-electron chi connectivity index (χ2n) is 4.37. The fourth-order valence-corrected chi connectivity index (χ4v) is 3.29. The van der Waals surface area contributed by atoms with Gasteiger partial charge in [0.15, 0.2) is 5.17 Å². The second-order valence-corrected chi connectivity index (χ2v) is 6.29. The van der Waals surface area contributed by atoms with E-state index in [2.05, 4.69) is 39.8 Å². The van der Waals surface area contributed by atoms with Crippen LogP contribution in [0.15, 0.2) is 4.99 Å². The summed E-state index contributed by atoms with van der Waals surface area (Å²) in [4.78, 5) is 6.90. The molecule has 1 saturated carbocycles. The van der Waals surface area contributed by atoms with Gasteiger partial charge < -0.3 is 4.90 Å². The Kier molecular flexibility index (Phi) is 3.42. The maximum Gasteiger partial charge on any atom is 0.159 e. The quantitative estimate of drug-likeness (QED) is 0.736. The lowest BCUT2D eigenvalue weighted by Gasteiger charge is -2.18. The Morgan fingerprint density at radius 3 is 2.86 bits per heavy atom. The molecule has 0 spiro atoms. The lowest BCUT2D eigenvalue weighted by Crippen LogP contribution is -2.26. The highest BCUT2D eigenvalue weighted by atomic mass is 79.9. The molecule has 1 aliphatic heterocycles. The summed E-state index contributed by atoms with van der Waals surface area (Å²) in [5, 5.41) is 2.95. The highest BCUT2D eigenvalue weighted by Gasteiger charge is 2.34. The molecule has 14 heavy (non-hydrogen) atoms. The molecule has 0 radical (unpaired) electrons. The zero-order valence-electron chi connectivity index (χ0n) is 8.74. The largest absolute Gasteiger partial charge is 0.354 e. The van der Waals surface area contributed by atoms with Gasteiger partial charge >= 0.3 is 0 Å². The summed E-state index contributed by atoms with van der Waals surface area (Å²) in [6.07, 6.45) is 1.41. The summed E-state index contributed by atoms with van der Waals surface area (Å²) in [5.74, 6) is 1.86. The first-order valence-electron chi connectivity index (χ1n) is 5.19. The summed E-state index contributed by atoms with van der Waals surface area (Å²) < 4.78 is 0. The summed E-state index contributed by atoms with van der Waals surface area (Å²) in [5.41, 5.74) is 0. The Morgan fingerprint density at radius 1 is 1.64 bits per heavy atom. The van der Waals surface area contributed by atoms with Gasteiger partial charge in [-0.1, -0.05) is 34.6 Å². The highest BCUT2D eigenvalue weighted by Crippen LogP contribution is 2.38. The fourth-order valence-electron chi connectivity index (χ4n) is 1.78. The van der Waals surface area contributed by atoms with Crippen molar-refractivity contribution >= 4 is 32.9 Å². The van der Waals surface area contributed by atoms with Crippen molar-refractivity contribution in [3.05, 3.63) is 0 Å². The Morgan fingerprint density at radius 2 is 2.36 bits per heavy atom. The number of amidine groups is 1. The van der Waals surface area contributed by atoms with E-state index in [1.54, 1.807) is 0 Å². The third kappa shape index (κ3) is 2.45. The zero-order valence-corrected chi connectivity index (χ0v) is 11.1. The predicted molar refractivity (Wildman–Crippen MR) is 67.4 cm³/mol. The lowest BCUT2D eigenvalue weighted by atomic mass is 10.3. The molecular weight excluding hydrogens is 260 g/mol. The Bertz CT molecular complexity index is 244. The van der Waals surface area contributed by atoms with Gasteiger partial charge in [0.2, 0.25) is 0 Å². The van der Waals surface area contributed by atoms with E-state index in [1.165, 1.54) is 18.1 Å². The van der Waals surface area contributed by atoms with Crippen LogP contribution in [0.4, 0.5) is 0 Å². The standard InChI is InChI=1S/C10H17BrN2S/c1-7-3-8(7)6-13(2)10-12-5-9(4-11)14-10/h7-9H,3-6H2,1-2H3. The van der Waals surface area contributed by atoms with Crippen LogP contribution in [0.25, 0.3) is 0 Å². The second kappa shape index (κ2) is 4.44. The van der Waals surface area contributed by atoms with Gasteiger partial charge in [0, 0.05) is 24.2 Å². The molecule has 0 aromatic heterocycles. The Hall–Kier alpha value is 0.300. The highest BCUT2D eigenvalue weighted by molar-refractivity contribution is 9.09. The minimum absolute atomic E-state index is 0.657. The molecule has 1 heterocycles. The van der Waals surface area contributed by atoms with Crippen molar-refractivity contribution < 1.29 is 0 Å². The van der Waals surface area contributed by atoms with Gasteiger partial charge in [0.1, 0.15) is 0 Å². The first kappa shape index (κ1) is 10.8. The number of rotatable bonds is 3. The van der Waals surface area contributed by atoms with Gasteiger partial charge in [-0.25, -0.2) is 0 Å². The van der Waals surface area contributed by atoms with Crippen LogP contribution >= 0.6 is 27.7 Å². The average molecular weight is 277 g/mol. The van der Waals surface area contributed by atoms with Gasteiger partial charge in [-0.3, -0.25) is 4.99 Å². The van der Waals surface area contributed by atoms with Crippen LogP contribution in [0.1, 0.15) is 13.3 Å². The molecule has 0 bridgehead atoms. The maximum atomic E-state index is 4.57. The molecule has 80 valence electrons. The van der Waals surface area contributed by atoms with Crippen molar-refractivity contribution in [2.45, 2.75) is 18.6 Å². The number of alkyl halides is 1. The first-order valence-corrected chi connectivity index (χ1v) is 7.19. The van der Waals surface area contributed by atoms with E-state index in [-0.39, 0.29) is 0 Å². The van der Waals surface area contributed by atoms with Crippen LogP contribution in [0.3, 0.4) is 0 Å².